The summed E-state index contributed by atoms with van der Waals surface area (Å²) in [5.41, 5.74) is 0.864. The van der Waals surface area contributed by atoms with Crippen LogP contribution >= 0.6 is 0 Å². The minimum absolute atomic E-state index is 0.0828. The van der Waals surface area contributed by atoms with E-state index in [0.717, 1.165) is 0 Å². The van der Waals surface area contributed by atoms with Crippen LogP contribution in [0.25, 0.3) is 0 Å². The van der Waals surface area contributed by atoms with Gasteiger partial charge in [-0.25, -0.2) is 0 Å². The topological polar surface area (TPSA) is 82.4 Å². The van der Waals surface area contributed by atoms with Gasteiger partial charge >= 0.3 is 0 Å². The number of nitrogens with zero attached hydrogens (tertiary/aromatic N) is 2. The summed E-state index contributed by atoms with van der Waals surface area (Å²) in [5, 5.41) is 11.3. The molecule has 1 heterocycles. The van der Waals surface area contributed by atoms with Crippen LogP contribution in [0.3, 0.4) is 0 Å². The van der Waals surface area contributed by atoms with Crippen molar-refractivity contribution in [1.29, 1.82) is 5.26 Å². The highest BCUT2D eigenvalue weighted by Gasteiger charge is 2.27. The summed E-state index contributed by atoms with van der Waals surface area (Å²) >= 11 is 0. The molecule has 2 rings (SSSR count). The maximum absolute atomic E-state index is 11.7. The molecule has 1 aromatic rings. The van der Waals surface area contributed by atoms with Gasteiger partial charge in [0.1, 0.15) is 12.3 Å². The van der Waals surface area contributed by atoms with E-state index in [1.165, 1.54) is 18.0 Å². The van der Waals surface area contributed by atoms with Gasteiger partial charge in [-0.15, -0.1) is 0 Å². The van der Waals surface area contributed by atoms with Gasteiger partial charge in [0.25, 0.3) is 5.91 Å². The molecule has 0 radical (unpaired) electrons. The van der Waals surface area contributed by atoms with E-state index in [1.54, 1.807) is 12.1 Å². The molecule has 6 nitrogen and oxygen atoms in total. The lowest BCUT2D eigenvalue weighted by Gasteiger charge is -2.28. The van der Waals surface area contributed by atoms with Gasteiger partial charge in [-0.1, -0.05) is 0 Å². The molecule has 0 bridgehead atoms. The number of ether oxygens (including phenoxy) is 1. The third kappa shape index (κ3) is 2.11. The van der Waals surface area contributed by atoms with Gasteiger partial charge in [-0.3, -0.25) is 14.5 Å². The standard InChI is InChI=1S/C12H11N3O3/c1-14-11(16)6-15-9-4-8(5-13)2-3-10(9)18-7-12(15)17/h2-4H,6-7H2,1H3,(H,14,16). The minimum atomic E-state index is -0.304. The predicted octanol–water partition coefficient (Wildman–Crippen LogP) is 0.0297. The molecule has 1 aliphatic rings. The molecule has 92 valence electrons. The molecule has 0 unspecified atom stereocenters. The van der Waals surface area contributed by atoms with Crippen LogP contribution in [-0.4, -0.2) is 32.0 Å². The van der Waals surface area contributed by atoms with Crippen LogP contribution < -0.4 is 15.0 Å². The Morgan fingerprint density at radius 1 is 1.61 bits per heavy atom. The zero-order chi connectivity index (χ0) is 13.1. The number of nitriles is 1. The highest BCUT2D eigenvalue weighted by Crippen LogP contribution is 2.32. The van der Waals surface area contributed by atoms with E-state index in [0.29, 0.717) is 17.0 Å². The average molecular weight is 245 g/mol. The van der Waals surface area contributed by atoms with Gasteiger partial charge in [0.05, 0.1) is 17.3 Å². The summed E-state index contributed by atoms with van der Waals surface area (Å²) in [6.45, 7) is -0.184. The Labute approximate surface area is 104 Å². The first-order valence-electron chi connectivity index (χ1n) is 5.33. The summed E-state index contributed by atoms with van der Waals surface area (Å²) < 4.78 is 5.25. The Balaban J connectivity index is 2.39. The molecule has 2 amide bonds. The summed E-state index contributed by atoms with van der Waals surface area (Å²) in [6.07, 6.45) is 0. The van der Waals surface area contributed by atoms with Crippen molar-refractivity contribution in [3.05, 3.63) is 23.8 Å². The van der Waals surface area contributed by atoms with Crippen molar-refractivity contribution in [2.24, 2.45) is 0 Å². The molecule has 1 aliphatic heterocycles. The lowest BCUT2D eigenvalue weighted by atomic mass is 10.1. The monoisotopic (exact) mass is 245 g/mol. The molecule has 18 heavy (non-hydrogen) atoms. The van der Waals surface area contributed by atoms with Crippen molar-refractivity contribution in [2.75, 3.05) is 25.1 Å². The third-order valence-electron chi connectivity index (χ3n) is 2.61. The molecule has 0 saturated heterocycles. The molecule has 6 heteroatoms. The van der Waals surface area contributed by atoms with Crippen molar-refractivity contribution in [2.45, 2.75) is 0 Å². The number of carbonyl (C=O) groups is 2. The van der Waals surface area contributed by atoms with E-state index in [-0.39, 0.29) is 25.0 Å². The van der Waals surface area contributed by atoms with Gasteiger partial charge in [0.2, 0.25) is 5.91 Å². The molecule has 0 atom stereocenters. The predicted molar refractivity (Wildman–Crippen MR) is 63.1 cm³/mol. The third-order valence-corrected chi connectivity index (χ3v) is 2.61. The number of carbonyl (C=O) groups excluding carboxylic acids is 2. The smallest absolute Gasteiger partial charge is 0.265 e. The Kier molecular flexibility index (Phi) is 3.15. The van der Waals surface area contributed by atoms with E-state index in [9.17, 15) is 9.59 Å². The van der Waals surface area contributed by atoms with Crippen molar-refractivity contribution in [1.82, 2.24) is 5.32 Å². The molecule has 0 spiro atoms. The zero-order valence-electron chi connectivity index (χ0n) is 9.77. The highest BCUT2D eigenvalue weighted by molar-refractivity contribution is 6.02. The minimum Gasteiger partial charge on any atom is -0.482 e. The van der Waals surface area contributed by atoms with Crippen molar-refractivity contribution in [3.8, 4) is 11.8 Å². The summed E-state index contributed by atoms with van der Waals surface area (Å²) in [4.78, 5) is 24.4. The Morgan fingerprint density at radius 3 is 3.06 bits per heavy atom. The van der Waals surface area contributed by atoms with E-state index in [4.69, 9.17) is 10.00 Å². The largest absolute Gasteiger partial charge is 0.482 e. The van der Waals surface area contributed by atoms with Gasteiger partial charge in [0, 0.05) is 7.05 Å². The van der Waals surface area contributed by atoms with Crippen molar-refractivity contribution < 1.29 is 14.3 Å². The number of rotatable bonds is 2. The molecule has 0 saturated carbocycles. The number of hydrogen-bond acceptors (Lipinski definition) is 4. The number of nitrogens with one attached hydrogen (secondary N) is 1. The first-order valence-corrected chi connectivity index (χ1v) is 5.33. The molecular formula is C12H11N3O3. The first-order chi connectivity index (χ1) is 8.65. The van der Waals surface area contributed by atoms with E-state index >= 15 is 0 Å². The van der Waals surface area contributed by atoms with Gasteiger partial charge < -0.3 is 10.1 Å². The number of fused-ring (bicyclic) bond motifs is 1. The molecule has 0 aliphatic carbocycles. The van der Waals surface area contributed by atoms with E-state index in [2.05, 4.69) is 5.32 Å². The van der Waals surface area contributed by atoms with E-state index < -0.39 is 0 Å². The number of hydrogen-bond donors (Lipinski definition) is 1. The fourth-order valence-electron chi connectivity index (χ4n) is 1.67. The van der Waals surface area contributed by atoms with Crippen LogP contribution in [0, 0.1) is 11.3 Å². The summed E-state index contributed by atoms with van der Waals surface area (Å²) in [5.74, 6) is -0.0859. The molecular weight excluding hydrogens is 234 g/mol. The normalized spacial score (nSPS) is 13.3. The molecule has 1 aromatic carbocycles. The van der Waals surface area contributed by atoms with Crippen LogP contribution in [0.2, 0.25) is 0 Å². The first kappa shape index (κ1) is 11.9. The fraction of sp³-hybridized carbons (Fsp3) is 0.250. The Bertz CT molecular complexity index is 548. The van der Waals surface area contributed by atoms with Gasteiger partial charge in [-0.2, -0.15) is 5.26 Å². The van der Waals surface area contributed by atoms with Crippen molar-refractivity contribution >= 4 is 17.5 Å². The van der Waals surface area contributed by atoms with Crippen LogP contribution in [0.4, 0.5) is 5.69 Å². The van der Waals surface area contributed by atoms with Crippen LogP contribution in [-0.2, 0) is 9.59 Å². The Hall–Kier alpha value is -2.55. The fourth-order valence-corrected chi connectivity index (χ4v) is 1.67. The van der Waals surface area contributed by atoms with Crippen LogP contribution in [0.5, 0.6) is 5.75 Å². The number of benzene rings is 1. The second-order valence-corrected chi connectivity index (χ2v) is 3.74. The number of likely N-dealkylation sites (N-methyl/N-ethyl adjacent to an activating group) is 1. The number of anilines is 1. The summed E-state index contributed by atoms with van der Waals surface area (Å²) in [6, 6.07) is 6.75. The maximum Gasteiger partial charge on any atom is 0.265 e. The quantitative estimate of drug-likeness (QED) is 0.796. The lowest BCUT2D eigenvalue weighted by molar-refractivity contribution is -0.125. The Morgan fingerprint density at radius 2 is 2.39 bits per heavy atom. The van der Waals surface area contributed by atoms with Crippen LogP contribution in [0.15, 0.2) is 18.2 Å². The van der Waals surface area contributed by atoms with Gasteiger partial charge in [0.15, 0.2) is 6.61 Å². The SMILES string of the molecule is CNC(=O)CN1C(=O)COc2ccc(C#N)cc21. The van der Waals surface area contributed by atoms with Crippen LogP contribution in [0.1, 0.15) is 5.56 Å². The van der Waals surface area contributed by atoms with E-state index in [1.807, 2.05) is 6.07 Å². The maximum atomic E-state index is 11.7. The highest BCUT2D eigenvalue weighted by atomic mass is 16.5. The van der Waals surface area contributed by atoms with Crippen molar-refractivity contribution in [3.63, 3.8) is 0 Å². The molecule has 0 aromatic heterocycles. The zero-order valence-corrected chi connectivity index (χ0v) is 9.77. The molecule has 1 N–H and O–H groups in total. The lowest BCUT2D eigenvalue weighted by Crippen LogP contribution is -2.44. The average Bonchev–Trinajstić information content (AvgIpc) is 2.41. The second-order valence-electron chi connectivity index (χ2n) is 3.74. The molecule has 0 fully saturated rings. The van der Waals surface area contributed by atoms with Gasteiger partial charge in [-0.05, 0) is 18.2 Å². The summed E-state index contributed by atoms with van der Waals surface area (Å²) in [7, 11) is 1.50. The second kappa shape index (κ2) is 4.75. The number of amides is 2.